The largest absolute Gasteiger partial charge is 0.347 e. The first-order valence-corrected chi connectivity index (χ1v) is 8.37. The predicted octanol–water partition coefficient (Wildman–Crippen LogP) is 1.76. The van der Waals surface area contributed by atoms with Crippen molar-refractivity contribution < 1.29 is 14.4 Å². The molecule has 1 rings (SSSR count). The molecule has 9 nitrogen and oxygen atoms in total. The number of hydrogen-bond donors (Lipinski definition) is 3. The summed E-state index contributed by atoms with van der Waals surface area (Å²) in [4.78, 5) is 37.1. The van der Waals surface area contributed by atoms with Crippen LogP contribution in [0.4, 0.5) is 5.69 Å². The van der Waals surface area contributed by atoms with Gasteiger partial charge < -0.3 is 16.0 Å². The van der Waals surface area contributed by atoms with E-state index in [4.69, 9.17) is 5.53 Å². The maximum absolute atomic E-state index is 11.8. The van der Waals surface area contributed by atoms with Crippen LogP contribution < -0.4 is 16.0 Å². The third-order valence-corrected chi connectivity index (χ3v) is 3.49. The van der Waals surface area contributed by atoms with Gasteiger partial charge >= 0.3 is 0 Å². The predicted molar refractivity (Wildman–Crippen MR) is 98.3 cm³/mol. The lowest BCUT2D eigenvalue weighted by Crippen LogP contribution is -2.40. The Balaban J connectivity index is 2.37. The Kier molecular flexibility index (Phi) is 9.27. The number of nitrogens with zero attached hydrogens (tertiary/aromatic N) is 3. The van der Waals surface area contributed by atoms with Gasteiger partial charge in [0, 0.05) is 23.6 Å². The molecule has 3 amide bonds. The lowest BCUT2D eigenvalue weighted by atomic mass is 10.0. The van der Waals surface area contributed by atoms with Gasteiger partial charge in [-0.05, 0) is 35.6 Å². The van der Waals surface area contributed by atoms with E-state index in [1.54, 1.807) is 19.1 Å². The molecule has 0 spiro atoms. The highest BCUT2D eigenvalue weighted by atomic mass is 16.2. The number of azide groups is 1. The molecule has 140 valence electrons. The maximum Gasteiger partial charge on any atom is 0.243 e. The van der Waals surface area contributed by atoms with Gasteiger partial charge in [-0.2, -0.15) is 0 Å². The van der Waals surface area contributed by atoms with E-state index in [0.717, 1.165) is 12.0 Å². The van der Waals surface area contributed by atoms with Crippen molar-refractivity contribution in [3.05, 3.63) is 40.3 Å². The van der Waals surface area contributed by atoms with Gasteiger partial charge in [-0.1, -0.05) is 31.1 Å². The van der Waals surface area contributed by atoms with Crippen molar-refractivity contribution in [2.45, 2.75) is 26.7 Å². The van der Waals surface area contributed by atoms with Crippen LogP contribution in [0.3, 0.4) is 0 Å². The molecule has 0 aliphatic heterocycles. The van der Waals surface area contributed by atoms with E-state index in [1.165, 1.54) is 0 Å². The van der Waals surface area contributed by atoms with Crippen LogP contribution in [0.25, 0.3) is 10.4 Å². The van der Waals surface area contributed by atoms with Crippen molar-refractivity contribution in [3.8, 4) is 0 Å². The molecule has 1 aromatic carbocycles. The van der Waals surface area contributed by atoms with Gasteiger partial charge in [-0.3, -0.25) is 14.4 Å². The van der Waals surface area contributed by atoms with E-state index in [2.05, 4.69) is 26.0 Å². The Bertz CT molecular complexity index is 668. The first-order valence-electron chi connectivity index (χ1n) is 8.37. The normalized spacial score (nSPS) is 11.0. The standard InChI is InChI=1S/C17H24N6O3/c1-3-15(24)19-10-16(25)20-11-17(26)22-14-6-4-13(5-7-14)8-12(2)9-21-23-18/h4-7,12H,3,8-11H2,1-2H3,(H,19,24)(H,20,25)(H,22,26). The van der Waals surface area contributed by atoms with Gasteiger partial charge in [0.2, 0.25) is 17.7 Å². The van der Waals surface area contributed by atoms with Crippen LogP contribution >= 0.6 is 0 Å². The molecule has 0 heterocycles. The number of carbonyl (C=O) groups excluding carboxylic acids is 3. The molecule has 0 aliphatic rings. The SMILES string of the molecule is CCC(=O)NCC(=O)NCC(=O)Nc1ccc(CC(C)CN=[N+]=[N-])cc1. The minimum atomic E-state index is -0.425. The summed E-state index contributed by atoms with van der Waals surface area (Å²) in [6, 6.07) is 7.33. The van der Waals surface area contributed by atoms with E-state index in [-0.39, 0.29) is 30.8 Å². The fraction of sp³-hybridized carbons (Fsp3) is 0.471. The molecule has 0 fully saturated rings. The second kappa shape index (κ2) is 11.5. The third-order valence-electron chi connectivity index (χ3n) is 3.49. The first kappa shape index (κ1) is 21.0. The van der Waals surface area contributed by atoms with Crippen molar-refractivity contribution in [1.29, 1.82) is 0 Å². The summed E-state index contributed by atoms with van der Waals surface area (Å²) in [7, 11) is 0. The highest BCUT2D eigenvalue weighted by molar-refractivity contribution is 5.95. The highest BCUT2D eigenvalue weighted by Crippen LogP contribution is 2.13. The molecule has 1 aromatic rings. The summed E-state index contributed by atoms with van der Waals surface area (Å²) in [5, 5.41) is 11.1. The van der Waals surface area contributed by atoms with Crippen molar-refractivity contribution in [1.82, 2.24) is 10.6 Å². The van der Waals surface area contributed by atoms with Crippen LogP contribution in [0, 0.1) is 5.92 Å². The van der Waals surface area contributed by atoms with Gasteiger partial charge in [0.15, 0.2) is 0 Å². The number of nitrogens with one attached hydrogen (secondary N) is 3. The molecule has 3 N–H and O–H groups in total. The summed E-state index contributed by atoms with van der Waals surface area (Å²) >= 11 is 0. The molecule has 0 radical (unpaired) electrons. The number of carbonyl (C=O) groups is 3. The Labute approximate surface area is 152 Å². The van der Waals surface area contributed by atoms with Crippen LogP contribution in [0.5, 0.6) is 0 Å². The Morgan fingerprint density at radius 3 is 2.31 bits per heavy atom. The summed E-state index contributed by atoms with van der Waals surface area (Å²) in [5.74, 6) is -0.774. The van der Waals surface area contributed by atoms with Gasteiger partial charge in [-0.15, -0.1) is 0 Å². The van der Waals surface area contributed by atoms with E-state index in [1.807, 2.05) is 19.1 Å². The van der Waals surface area contributed by atoms with Crippen LogP contribution in [0.15, 0.2) is 29.4 Å². The molecule has 1 unspecified atom stereocenters. The number of anilines is 1. The Morgan fingerprint density at radius 2 is 1.69 bits per heavy atom. The molecule has 0 saturated carbocycles. The second-order valence-corrected chi connectivity index (χ2v) is 5.87. The smallest absolute Gasteiger partial charge is 0.243 e. The minimum Gasteiger partial charge on any atom is -0.347 e. The highest BCUT2D eigenvalue weighted by Gasteiger charge is 2.08. The van der Waals surface area contributed by atoms with Gasteiger partial charge in [0.1, 0.15) is 0 Å². The topological polar surface area (TPSA) is 136 Å². The molecule has 0 aliphatic carbocycles. The summed E-state index contributed by atoms with van der Waals surface area (Å²) in [5.41, 5.74) is 10.0. The summed E-state index contributed by atoms with van der Waals surface area (Å²) in [6.07, 6.45) is 1.07. The summed E-state index contributed by atoms with van der Waals surface area (Å²) in [6.45, 7) is 3.80. The van der Waals surface area contributed by atoms with Crippen molar-refractivity contribution in [3.63, 3.8) is 0 Å². The molecular weight excluding hydrogens is 336 g/mol. The van der Waals surface area contributed by atoms with Crippen LogP contribution in [0.1, 0.15) is 25.8 Å². The zero-order valence-electron chi connectivity index (χ0n) is 15.0. The fourth-order valence-electron chi connectivity index (χ4n) is 2.12. The van der Waals surface area contributed by atoms with Crippen LogP contribution in [-0.4, -0.2) is 37.4 Å². The van der Waals surface area contributed by atoms with Gasteiger partial charge in [0.25, 0.3) is 0 Å². The Morgan fingerprint density at radius 1 is 1.08 bits per heavy atom. The average Bonchev–Trinajstić information content (AvgIpc) is 2.64. The zero-order chi connectivity index (χ0) is 19.4. The van der Waals surface area contributed by atoms with E-state index in [9.17, 15) is 14.4 Å². The molecular formula is C17H24N6O3. The van der Waals surface area contributed by atoms with Crippen LogP contribution in [0.2, 0.25) is 0 Å². The molecule has 9 heteroatoms. The molecule has 1 atom stereocenters. The van der Waals surface area contributed by atoms with Crippen LogP contribution in [-0.2, 0) is 20.8 Å². The van der Waals surface area contributed by atoms with Crippen molar-refractivity contribution in [2.75, 3.05) is 25.0 Å². The minimum absolute atomic E-state index is 0.150. The van der Waals surface area contributed by atoms with E-state index < -0.39 is 5.91 Å². The molecule has 0 bridgehead atoms. The molecule has 0 aromatic heterocycles. The van der Waals surface area contributed by atoms with Gasteiger partial charge in [-0.25, -0.2) is 0 Å². The zero-order valence-corrected chi connectivity index (χ0v) is 15.0. The van der Waals surface area contributed by atoms with Crippen molar-refractivity contribution in [2.24, 2.45) is 11.0 Å². The Hall–Kier alpha value is -3.06. The average molecular weight is 360 g/mol. The number of amides is 3. The summed E-state index contributed by atoms with van der Waals surface area (Å²) < 4.78 is 0. The first-order chi connectivity index (χ1) is 12.4. The van der Waals surface area contributed by atoms with Crippen molar-refractivity contribution >= 4 is 23.4 Å². The molecule has 26 heavy (non-hydrogen) atoms. The lowest BCUT2D eigenvalue weighted by Gasteiger charge is -2.10. The van der Waals surface area contributed by atoms with E-state index in [0.29, 0.717) is 18.7 Å². The van der Waals surface area contributed by atoms with Gasteiger partial charge in [0.05, 0.1) is 13.1 Å². The maximum atomic E-state index is 11.8. The monoisotopic (exact) mass is 360 g/mol. The number of rotatable bonds is 10. The quantitative estimate of drug-likeness (QED) is 0.333. The number of hydrogen-bond acceptors (Lipinski definition) is 4. The second-order valence-electron chi connectivity index (χ2n) is 5.87. The third kappa shape index (κ3) is 8.70. The lowest BCUT2D eigenvalue weighted by molar-refractivity contribution is -0.126. The fourth-order valence-corrected chi connectivity index (χ4v) is 2.12. The number of benzene rings is 1. The molecule has 0 saturated heterocycles. The van der Waals surface area contributed by atoms with E-state index >= 15 is 0 Å².